The average molecular weight is 355 g/mol. The van der Waals surface area contributed by atoms with E-state index in [0.29, 0.717) is 11.4 Å². The number of carboxylic acids is 1. The van der Waals surface area contributed by atoms with Crippen LogP contribution in [-0.4, -0.2) is 44.0 Å². The van der Waals surface area contributed by atoms with Crippen molar-refractivity contribution >= 4 is 27.4 Å². The van der Waals surface area contributed by atoms with E-state index in [-0.39, 0.29) is 18.1 Å². The molecule has 0 bridgehead atoms. The molecule has 0 atom stereocenters. The number of sulfone groups is 1. The van der Waals surface area contributed by atoms with E-state index in [1.165, 1.54) is 6.26 Å². The number of aryl methyl sites for hydroxylation is 1. The first-order valence-electron chi connectivity index (χ1n) is 7.51. The SMILES string of the molecule is Cc1cc(OCC(=O)O)ccc1NC(=O)CC1(CS(C)(=O)=O)CC1. The maximum atomic E-state index is 12.2. The van der Waals surface area contributed by atoms with Gasteiger partial charge in [0, 0.05) is 18.4 Å². The van der Waals surface area contributed by atoms with Crippen molar-refractivity contribution in [2.45, 2.75) is 26.2 Å². The Balaban J connectivity index is 1.96. The van der Waals surface area contributed by atoms with Crippen LogP contribution in [0.1, 0.15) is 24.8 Å². The summed E-state index contributed by atoms with van der Waals surface area (Å²) < 4.78 is 28.0. The molecule has 0 spiro atoms. The number of carbonyl (C=O) groups excluding carboxylic acids is 1. The summed E-state index contributed by atoms with van der Waals surface area (Å²) in [5.41, 5.74) is 0.910. The van der Waals surface area contributed by atoms with Gasteiger partial charge in [0.2, 0.25) is 5.91 Å². The number of amides is 1. The zero-order valence-electron chi connectivity index (χ0n) is 13.7. The molecule has 1 fully saturated rings. The molecule has 0 heterocycles. The fourth-order valence-corrected chi connectivity index (χ4v) is 4.15. The van der Waals surface area contributed by atoms with Crippen LogP contribution in [0.5, 0.6) is 5.75 Å². The summed E-state index contributed by atoms with van der Waals surface area (Å²) in [5, 5.41) is 11.4. The van der Waals surface area contributed by atoms with Crippen LogP contribution < -0.4 is 10.1 Å². The zero-order valence-corrected chi connectivity index (χ0v) is 14.5. The van der Waals surface area contributed by atoms with Gasteiger partial charge in [-0.2, -0.15) is 0 Å². The Kier molecular flexibility index (Phi) is 5.17. The molecule has 1 amide bonds. The molecule has 7 nitrogen and oxygen atoms in total. The summed E-state index contributed by atoms with van der Waals surface area (Å²) in [6.07, 6.45) is 2.85. The molecule has 0 aliphatic heterocycles. The molecule has 1 saturated carbocycles. The third-order valence-electron chi connectivity index (χ3n) is 3.90. The van der Waals surface area contributed by atoms with Gasteiger partial charge in [0.25, 0.3) is 0 Å². The number of carbonyl (C=O) groups is 2. The minimum absolute atomic E-state index is 0.0361. The van der Waals surface area contributed by atoms with Gasteiger partial charge in [0.1, 0.15) is 15.6 Å². The Bertz CT molecular complexity index is 752. The Morgan fingerprint density at radius 1 is 1.33 bits per heavy atom. The average Bonchev–Trinajstić information content (AvgIpc) is 3.15. The lowest BCUT2D eigenvalue weighted by molar-refractivity contribution is -0.139. The van der Waals surface area contributed by atoms with Crippen molar-refractivity contribution in [2.24, 2.45) is 5.41 Å². The number of aliphatic carboxylic acids is 1. The summed E-state index contributed by atoms with van der Waals surface area (Å²) in [4.78, 5) is 22.7. The number of hydrogen-bond acceptors (Lipinski definition) is 5. The van der Waals surface area contributed by atoms with E-state index >= 15 is 0 Å². The molecule has 1 aromatic rings. The summed E-state index contributed by atoms with van der Waals surface area (Å²) in [6.45, 7) is 1.34. The molecule has 0 unspecified atom stereocenters. The highest BCUT2D eigenvalue weighted by Gasteiger charge is 2.46. The molecule has 24 heavy (non-hydrogen) atoms. The van der Waals surface area contributed by atoms with Gasteiger partial charge >= 0.3 is 5.97 Å². The second-order valence-electron chi connectivity index (χ2n) is 6.45. The zero-order chi connectivity index (χ0) is 18.0. The summed E-state index contributed by atoms with van der Waals surface area (Å²) in [5.74, 6) is -0.846. The van der Waals surface area contributed by atoms with Crippen LogP contribution in [0.2, 0.25) is 0 Å². The number of hydrogen-bond donors (Lipinski definition) is 2. The third-order valence-corrected chi connectivity index (χ3v) is 5.03. The van der Waals surface area contributed by atoms with E-state index < -0.39 is 27.8 Å². The van der Waals surface area contributed by atoms with Crippen molar-refractivity contribution in [3.05, 3.63) is 23.8 Å². The van der Waals surface area contributed by atoms with Gasteiger partial charge in [-0.3, -0.25) is 4.79 Å². The molecule has 1 aliphatic carbocycles. The van der Waals surface area contributed by atoms with Crippen LogP contribution in [0, 0.1) is 12.3 Å². The van der Waals surface area contributed by atoms with Gasteiger partial charge in [-0.05, 0) is 48.9 Å². The van der Waals surface area contributed by atoms with Gasteiger partial charge in [0.05, 0.1) is 5.75 Å². The monoisotopic (exact) mass is 355 g/mol. The topological polar surface area (TPSA) is 110 Å². The van der Waals surface area contributed by atoms with Gasteiger partial charge in [0.15, 0.2) is 6.61 Å². The Morgan fingerprint density at radius 3 is 2.50 bits per heavy atom. The number of rotatable bonds is 8. The minimum Gasteiger partial charge on any atom is -0.482 e. The van der Waals surface area contributed by atoms with Crippen LogP contribution in [0.25, 0.3) is 0 Å². The number of nitrogens with one attached hydrogen (secondary N) is 1. The number of anilines is 1. The molecular formula is C16H21NO6S. The van der Waals surface area contributed by atoms with Crippen LogP contribution in [0.15, 0.2) is 18.2 Å². The maximum absolute atomic E-state index is 12.2. The molecule has 0 radical (unpaired) electrons. The second-order valence-corrected chi connectivity index (χ2v) is 8.59. The number of carboxylic acid groups (broad SMARTS) is 1. The Hall–Kier alpha value is -2.09. The van der Waals surface area contributed by atoms with Crippen molar-refractivity contribution < 1.29 is 27.9 Å². The third kappa shape index (κ3) is 5.52. The van der Waals surface area contributed by atoms with Gasteiger partial charge in [-0.25, -0.2) is 13.2 Å². The first kappa shape index (κ1) is 18.3. The highest BCUT2D eigenvalue weighted by atomic mass is 32.2. The summed E-state index contributed by atoms with van der Waals surface area (Å²) >= 11 is 0. The highest BCUT2D eigenvalue weighted by molar-refractivity contribution is 7.90. The van der Waals surface area contributed by atoms with E-state index in [2.05, 4.69) is 5.32 Å². The fourth-order valence-electron chi connectivity index (χ4n) is 2.65. The van der Waals surface area contributed by atoms with Crippen molar-refractivity contribution in [1.82, 2.24) is 0 Å². The predicted octanol–water partition coefficient (Wildman–Crippen LogP) is 1.61. The van der Waals surface area contributed by atoms with Gasteiger partial charge in [-0.15, -0.1) is 0 Å². The van der Waals surface area contributed by atoms with E-state index in [4.69, 9.17) is 9.84 Å². The van der Waals surface area contributed by atoms with Crippen molar-refractivity contribution in [2.75, 3.05) is 23.9 Å². The first-order valence-corrected chi connectivity index (χ1v) is 9.57. The maximum Gasteiger partial charge on any atom is 0.341 e. The molecule has 8 heteroatoms. The van der Waals surface area contributed by atoms with Crippen LogP contribution >= 0.6 is 0 Å². The van der Waals surface area contributed by atoms with E-state index in [9.17, 15) is 18.0 Å². The fraction of sp³-hybridized carbons (Fsp3) is 0.500. The van der Waals surface area contributed by atoms with Gasteiger partial charge < -0.3 is 15.2 Å². The molecule has 2 rings (SSSR count). The lowest BCUT2D eigenvalue weighted by Crippen LogP contribution is -2.23. The van der Waals surface area contributed by atoms with Crippen molar-refractivity contribution in [1.29, 1.82) is 0 Å². The highest BCUT2D eigenvalue weighted by Crippen LogP contribution is 2.49. The molecule has 0 saturated heterocycles. The first-order chi connectivity index (χ1) is 11.1. The van der Waals surface area contributed by atoms with E-state index in [1.807, 2.05) is 0 Å². The molecule has 132 valence electrons. The lowest BCUT2D eigenvalue weighted by atomic mass is 10.0. The largest absolute Gasteiger partial charge is 0.482 e. The van der Waals surface area contributed by atoms with Gasteiger partial charge in [-0.1, -0.05) is 0 Å². The van der Waals surface area contributed by atoms with Crippen LogP contribution in [-0.2, 0) is 19.4 Å². The molecule has 0 aromatic heterocycles. The standard InChI is InChI=1S/C16H21NO6S/c1-11-7-12(23-9-15(19)20)3-4-13(11)17-14(18)8-16(5-6-16)10-24(2,21)22/h3-4,7H,5-6,8-10H2,1-2H3,(H,17,18)(H,19,20). The quantitative estimate of drug-likeness (QED) is 0.733. The molecule has 2 N–H and O–H groups in total. The molecular weight excluding hydrogens is 334 g/mol. The van der Waals surface area contributed by atoms with Crippen LogP contribution in [0.3, 0.4) is 0 Å². The predicted molar refractivity (Wildman–Crippen MR) is 88.9 cm³/mol. The second kappa shape index (κ2) is 6.80. The smallest absolute Gasteiger partial charge is 0.341 e. The van der Waals surface area contributed by atoms with E-state index in [0.717, 1.165) is 18.4 Å². The lowest BCUT2D eigenvalue weighted by Gasteiger charge is -2.15. The molecule has 1 aromatic carbocycles. The Morgan fingerprint density at radius 2 is 2.00 bits per heavy atom. The Labute approximate surface area is 140 Å². The van der Waals surface area contributed by atoms with Crippen molar-refractivity contribution in [3.63, 3.8) is 0 Å². The summed E-state index contributed by atoms with van der Waals surface area (Å²) in [6, 6.07) is 4.86. The molecule has 1 aliphatic rings. The summed E-state index contributed by atoms with van der Waals surface area (Å²) in [7, 11) is -3.11. The van der Waals surface area contributed by atoms with Crippen LogP contribution in [0.4, 0.5) is 5.69 Å². The van der Waals surface area contributed by atoms with E-state index in [1.54, 1.807) is 25.1 Å². The number of benzene rings is 1. The number of ether oxygens (including phenoxy) is 1. The normalized spacial score (nSPS) is 15.6. The van der Waals surface area contributed by atoms with Crippen molar-refractivity contribution in [3.8, 4) is 5.75 Å². The minimum atomic E-state index is -3.11.